The van der Waals surface area contributed by atoms with Gasteiger partial charge in [-0.15, -0.1) is 0 Å². The highest BCUT2D eigenvalue weighted by molar-refractivity contribution is 14.1. The average molecular weight is 484 g/mol. The number of hydrogen-bond acceptors (Lipinski definition) is 4. The molecule has 0 spiro atoms. The van der Waals surface area contributed by atoms with E-state index in [0.717, 1.165) is 0 Å². The van der Waals surface area contributed by atoms with Crippen molar-refractivity contribution in [3.63, 3.8) is 0 Å². The second-order valence-electron chi connectivity index (χ2n) is 8.12. The van der Waals surface area contributed by atoms with Crippen molar-refractivity contribution in [1.82, 2.24) is 9.97 Å². The lowest BCUT2D eigenvalue weighted by Gasteiger charge is -2.32. The van der Waals surface area contributed by atoms with Gasteiger partial charge in [0.25, 0.3) is 5.91 Å². The summed E-state index contributed by atoms with van der Waals surface area (Å²) in [6.07, 6.45) is 1.35. The molecule has 5 nitrogen and oxygen atoms in total. The number of nitrogens with zero attached hydrogens (tertiary/aromatic N) is 3. The summed E-state index contributed by atoms with van der Waals surface area (Å²) < 4.78 is 17.5. The molecule has 1 saturated carbocycles. The van der Waals surface area contributed by atoms with E-state index in [1.54, 1.807) is 26.8 Å². The number of hydrogen-bond donors (Lipinski definition) is 0. The molecule has 1 aliphatic carbocycles. The molecule has 1 amide bonds. The number of amides is 1. The predicted molar refractivity (Wildman–Crippen MR) is 105 cm³/mol. The van der Waals surface area contributed by atoms with Crippen LogP contribution < -0.4 is 0 Å². The van der Waals surface area contributed by atoms with E-state index < -0.39 is 24.6 Å². The standard InChI is InChI=1S/C16H23ClIN3O2S/c1-14(2,3)12(22)21-24(23,15(4,5)6)16(7-8-16)10-9-11(17)20-13(18)19-10/h9H,7-8H2,1-6H3/t24-/m1/s1. The fourth-order valence-electron chi connectivity index (χ4n) is 2.48. The van der Waals surface area contributed by atoms with Gasteiger partial charge in [-0.2, -0.15) is 4.36 Å². The smallest absolute Gasteiger partial charge is 0.259 e. The molecule has 1 aromatic heterocycles. The number of halogens is 2. The molecule has 0 unspecified atom stereocenters. The number of carbonyl (C=O) groups is 1. The first-order chi connectivity index (χ1) is 10.7. The summed E-state index contributed by atoms with van der Waals surface area (Å²) in [5, 5.41) is 0.313. The Morgan fingerprint density at radius 2 is 1.79 bits per heavy atom. The molecule has 0 radical (unpaired) electrons. The Labute approximate surface area is 162 Å². The fraction of sp³-hybridized carbons (Fsp3) is 0.688. The van der Waals surface area contributed by atoms with E-state index >= 15 is 0 Å². The van der Waals surface area contributed by atoms with E-state index in [9.17, 15) is 9.00 Å². The molecule has 134 valence electrons. The van der Waals surface area contributed by atoms with Crippen LogP contribution in [0.4, 0.5) is 0 Å². The molecule has 2 rings (SSSR count). The molecule has 1 atom stereocenters. The third-order valence-electron chi connectivity index (χ3n) is 4.05. The molecule has 0 aliphatic heterocycles. The Balaban J connectivity index is 2.72. The van der Waals surface area contributed by atoms with Gasteiger partial charge in [0.1, 0.15) is 5.15 Å². The van der Waals surface area contributed by atoms with Crippen LogP contribution in [0.2, 0.25) is 5.15 Å². The van der Waals surface area contributed by atoms with E-state index in [2.05, 4.69) is 14.3 Å². The van der Waals surface area contributed by atoms with Crippen molar-refractivity contribution in [1.29, 1.82) is 0 Å². The highest BCUT2D eigenvalue weighted by atomic mass is 127. The maximum Gasteiger partial charge on any atom is 0.259 e. The van der Waals surface area contributed by atoms with Crippen LogP contribution in [0.25, 0.3) is 0 Å². The SMILES string of the molecule is CC(C)(C)C(=O)N=[S@@](=O)(C(C)(C)C)C1(c2cc(Cl)nc(I)n2)CC1. The van der Waals surface area contributed by atoms with E-state index in [0.29, 0.717) is 27.5 Å². The first-order valence-electron chi connectivity index (χ1n) is 7.74. The lowest BCUT2D eigenvalue weighted by molar-refractivity contribution is -0.124. The van der Waals surface area contributed by atoms with Gasteiger partial charge in [0, 0.05) is 32.8 Å². The molecule has 0 aromatic carbocycles. The van der Waals surface area contributed by atoms with Gasteiger partial charge in [-0.3, -0.25) is 4.79 Å². The Hall–Kier alpha value is -0.280. The van der Waals surface area contributed by atoms with Crippen molar-refractivity contribution in [2.45, 2.75) is 63.9 Å². The van der Waals surface area contributed by atoms with Crippen LogP contribution in [0, 0.1) is 9.25 Å². The van der Waals surface area contributed by atoms with Gasteiger partial charge in [-0.1, -0.05) is 32.4 Å². The summed E-state index contributed by atoms with van der Waals surface area (Å²) in [5.41, 5.74) is -0.0564. The zero-order valence-corrected chi connectivity index (χ0v) is 18.5. The second kappa shape index (κ2) is 6.16. The zero-order chi connectivity index (χ0) is 18.6. The van der Waals surface area contributed by atoms with Crippen LogP contribution in [-0.4, -0.2) is 24.8 Å². The highest BCUT2D eigenvalue weighted by Crippen LogP contribution is 2.57. The van der Waals surface area contributed by atoms with Crippen molar-refractivity contribution in [3.8, 4) is 0 Å². The first-order valence-corrected chi connectivity index (χ1v) is 10.7. The maximum absolute atomic E-state index is 14.1. The molecular formula is C16H23ClIN3O2S. The summed E-state index contributed by atoms with van der Waals surface area (Å²) in [4.78, 5) is 21.1. The van der Waals surface area contributed by atoms with Crippen LogP contribution in [0.3, 0.4) is 0 Å². The normalized spacial score (nSPS) is 19.5. The molecule has 24 heavy (non-hydrogen) atoms. The van der Waals surface area contributed by atoms with Gasteiger partial charge in [-0.05, 0) is 39.7 Å². The summed E-state index contributed by atoms with van der Waals surface area (Å²) in [6, 6.07) is 1.65. The van der Waals surface area contributed by atoms with E-state index in [1.807, 2.05) is 43.4 Å². The van der Waals surface area contributed by atoms with E-state index in [1.165, 1.54) is 0 Å². The Morgan fingerprint density at radius 1 is 1.25 bits per heavy atom. The van der Waals surface area contributed by atoms with Crippen LogP contribution in [0.15, 0.2) is 10.4 Å². The Bertz CT molecular complexity index is 778. The molecule has 0 N–H and O–H groups in total. The van der Waals surface area contributed by atoms with E-state index in [4.69, 9.17) is 11.6 Å². The fourth-order valence-corrected chi connectivity index (χ4v) is 6.49. The quantitative estimate of drug-likeness (QED) is 0.351. The van der Waals surface area contributed by atoms with Crippen molar-refractivity contribution in [2.75, 3.05) is 0 Å². The minimum absolute atomic E-state index is 0.313. The Morgan fingerprint density at radius 3 is 2.17 bits per heavy atom. The minimum atomic E-state index is -2.92. The van der Waals surface area contributed by atoms with Gasteiger partial charge >= 0.3 is 0 Å². The summed E-state index contributed by atoms with van der Waals surface area (Å²) in [6.45, 7) is 10.9. The van der Waals surface area contributed by atoms with Gasteiger partial charge in [0.2, 0.25) is 0 Å². The summed E-state index contributed by atoms with van der Waals surface area (Å²) in [5.74, 6) is -0.344. The van der Waals surface area contributed by atoms with Crippen molar-refractivity contribution in [2.24, 2.45) is 9.78 Å². The van der Waals surface area contributed by atoms with Crippen molar-refractivity contribution in [3.05, 3.63) is 20.7 Å². The monoisotopic (exact) mass is 483 g/mol. The molecule has 1 fully saturated rings. The molecular weight excluding hydrogens is 461 g/mol. The average Bonchev–Trinajstić information content (AvgIpc) is 3.16. The summed E-state index contributed by atoms with van der Waals surface area (Å²) >= 11 is 8.07. The van der Waals surface area contributed by atoms with E-state index in [-0.39, 0.29) is 5.91 Å². The number of carbonyl (C=O) groups excluding carboxylic acids is 1. The lowest BCUT2D eigenvalue weighted by atomic mass is 9.96. The molecule has 1 heterocycles. The van der Waals surface area contributed by atoms with Gasteiger partial charge in [-0.25, -0.2) is 14.2 Å². The minimum Gasteiger partial charge on any atom is -0.271 e. The van der Waals surface area contributed by atoms with Gasteiger partial charge in [0.15, 0.2) is 3.83 Å². The van der Waals surface area contributed by atoms with Gasteiger partial charge < -0.3 is 0 Å². The predicted octanol–water partition coefficient (Wildman–Crippen LogP) is 4.56. The third kappa shape index (κ3) is 3.49. The largest absolute Gasteiger partial charge is 0.271 e. The van der Waals surface area contributed by atoms with Crippen LogP contribution in [0.5, 0.6) is 0 Å². The maximum atomic E-state index is 14.1. The first kappa shape index (κ1) is 20.0. The summed E-state index contributed by atoms with van der Waals surface area (Å²) in [7, 11) is -2.92. The topological polar surface area (TPSA) is 72.3 Å². The number of rotatable bonds is 2. The lowest BCUT2D eigenvalue weighted by Crippen LogP contribution is -2.39. The van der Waals surface area contributed by atoms with Crippen LogP contribution in [-0.2, 0) is 19.3 Å². The highest BCUT2D eigenvalue weighted by Gasteiger charge is 2.59. The molecule has 0 bridgehead atoms. The van der Waals surface area contributed by atoms with Crippen LogP contribution in [0.1, 0.15) is 60.1 Å². The number of aromatic nitrogens is 2. The van der Waals surface area contributed by atoms with Crippen molar-refractivity contribution < 1.29 is 9.00 Å². The van der Waals surface area contributed by atoms with Crippen LogP contribution >= 0.6 is 34.2 Å². The van der Waals surface area contributed by atoms with Gasteiger partial charge in [0.05, 0.1) is 20.2 Å². The molecule has 1 aromatic rings. The third-order valence-corrected chi connectivity index (χ3v) is 8.49. The zero-order valence-electron chi connectivity index (χ0n) is 14.8. The molecule has 8 heteroatoms. The van der Waals surface area contributed by atoms with Crippen molar-refractivity contribution >= 4 is 49.8 Å². The molecule has 0 saturated heterocycles. The molecule has 1 aliphatic rings. The second-order valence-corrected chi connectivity index (χ2v) is 12.7. The Kier molecular flexibility index (Phi) is 5.14.